The first-order valence-electron chi connectivity index (χ1n) is 10.6. The Kier molecular flexibility index (Phi) is 5.65. The number of hydrogen-bond acceptors (Lipinski definition) is 4. The predicted molar refractivity (Wildman–Crippen MR) is 122 cm³/mol. The Morgan fingerprint density at radius 1 is 1.16 bits per heavy atom. The summed E-state index contributed by atoms with van der Waals surface area (Å²) in [5.41, 5.74) is 8.68. The molecular formula is C25H26N4O3. The topological polar surface area (TPSA) is 107 Å². The number of nitrogens with one attached hydrogen (secondary N) is 1. The van der Waals surface area contributed by atoms with Crippen molar-refractivity contribution in [3.8, 4) is 5.69 Å². The van der Waals surface area contributed by atoms with E-state index in [1.165, 1.54) is 10.8 Å². The van der Waals surface area contributed by atoms with Gasteiger partial charge < -0.3 is 11.1 Å². The number of benzene rings is 1. The van der Waals surface area contributed by atoms with Gasteiger partial charge in [0.15, 0.2) is 0 Å². The Morgan fingerprint density at radius 2 is 1.88 bits per heavy atom. The minimum atomic E-state index is -0.692. The second kappa shape index (κ2) is 8.42. The van der Waals surface area contributed by atoms with E-state index in [1.54, 1.807) is 13.0 Å². The summed E-state index contributed by atoms with van der Waals surface area (Å²) in [6, 6.07) is 13.2. The molecule has 2 atom stereocenters. The quantitative estimate of drug-likeness (QED) is 0.627. The highest BCUT2D eigenvalue weighted by Crippen LogP contribution is 2.29. The van der Waals surface area contributed by atoms with Crippen LogP contribution in [0.3, 0.4) is 0 Å². The lowest BCUT2D eigenvalue weighted by Crippen LogP contribution is -2.37. The number of nitrogens with zero attached hydrogens (tertiary/aromatic N) is 2. The lowest BCUT2D eigenvalue weighted by atomic mass is 10.0. The maximum Gasteiger partial charge on any atom is 0.268 e. The second-order valence-electron chi connectivity index (χ2n) is 8.45. The Bertz CT molecular complexity index is 1280. The van der Waals surface area contributed by atoms with Gasteiger partial charge in [-0.15, -0.1) is 0 Å². The average Bonchev–Trinajstić information content (AvgIpc) is 3.43. The molecule has 1 aliphatic rings. The molecule has 32 heavy (non-hydrogen) atoms. The third-order valence-electron chi connectivity index (χ3n) is 5.96. The first kappa shape index (κ1) is 21.5. The number of hydrogen-bond donors (Lipinski definition) is 2. The van der Waals surface area contributed by atoms with Gasteiger partial charge in [0.25, 0.3) is 11.5 Å². The summed E-state index contributed by atoms with van der Waals surface area (Å²) in [4.78, 5) is 43.2. The van der Waals surface area contributed by atoms with Crippen LogP contribution in [-0.4, -0.2) is 27.4 Å². The van der Waals surface area contributed by atoms with Gasteiger partial charge in [-0.25, -0.2) is 0 Å². The van der Waals surface area contributed by atoms with E-state index < -0.39 is 17.4 Å². The average molecular weight is 431 g/mol. The third-order valence-corrected chi connectivity index (χ3v) is 5.96. The van der Waals surface area contributed by atoms with E-state index in [0.29, 0.717) is 23.6 Å². The molecule has 164 valence electrons. The van der Waals surface area contributed by atoms with Gasteiger partial charge in [-0.1, -0.05) is 31.2 Å². The number of carbonyl (C=O) groups excluding carboxylic acids is 2. The molecule has 0 saturated heterocycles. The van der Waals surface area contributed by atoms with Crippen LogP contribution in [0.25, 0.3) is 5.69 Å². The van der Waals surface area contributed by atoms with Crippen LogP contribution in [-0.2, 0) is 6.42 Å². The minimum absolute atomic E-state index is 0.0478. The second-order valence-corrected chi connectivity index (χ2v) is 8.45. The van der Waals surface area contributed by atoms with E-state index >= 15 is 0 Å². The van der Waals surface area contributed by atoms with E-state index in [-0.39, 0.29) is 17.2 Å². The summed E-state index contributed by atoms with van der Waals surface area (Å²) in [5.74, 6) is -0.789. The van der Waals surface area contributed by atoms with Crippen molar-refractivity contribution < 1.29 is 9.59 Å². The van der Waals surface area contributed by atoms with E-state index in [4.69, 9.17) is 5.73 Å². The summed E-state index contributed by atoms with van der Waals surface area (Å²) in [6.45, 7) is 5.54. The van der Waals surface area contributed by atoms with Gasteiger partial charge in [0.1, 0.15) is 5.56 Å². The number of para-hydroxylation sites is 1. The zero-order valence-electron chi connectivity index (χ0n) is 18.4. The normalized spacial score (nSPS) is 17.1. The SMILES string of the molecule is Cc1cccc(Cc2ccccc2-n2cc(C(N)=O)c(C)c(C(=O)N[C@H]3C[C@@H]3C)c2=O)n1. The first-order chi connectivity index (χ1) is 15.3. The summed E-state index contributed by atoms with van der Waals surface area (Å²) < 4.78 is 1.35. The molecule has 1 aromatic carbocycles. The van der Waals surface area contributed by atoms with Gasteiger partial charge in [-0.3, -0.25) is 23.9 Å². The molecule has 1 fully saturated rings. The molecule has 2 amide bonds. The van der Waals surface area contributed by atoms with Crippen LogP contribution < -0.4 is 16.6 Å². The van der Waals surface area contributed by atoms with Gasteiger partial charge in [0.2, 0.25) is 5.91 Å². The fourth-order valence-corrected chi connectivity index (χ4v) is 3.95. The summed E-state index contributed by atoms with van der Waals surface area (Å²) in [7, 11) is 0. The highest BCUT2D eigenvalue weighted by atomic mass is 16.2. The highest BCUT2D eigenvalue weighted by molar-refractivity contribution is 6.01. The fourth-order valence-electron chi connectivity index (χ4n) is 3.95. The van der Waals surface area contributed by atoms with Gasteiger partial charge in [-0.2, -0.15) is 0 Å². The van der Waals surface area contributed by atoms with Crippen LogP contribution in [0.5, 0.6) is 0 Å². The van der Waals surface area contributed by atoms with E-state index in [1.807, 2.05) is 50.2 Å². The van der Waals surface area contributed by atoms with Crippen molar-refractivity contribution in [1.29, 1.82) is 0 Å². The van der Waals surface area contributed by atoms with Crippen LogP contribution in [0.4, 0.5) is 0 Å². The molecule has 3 N–H and O–H groups in total. The van der Waals surface area contributed by atoms with Crippen molar-refractivity contribution in [3.63, 3.8) is 0 Å². The van der Waals surface area contributed by atoms with Gasteiger partial charge in [0, 0.05) is 30.0 Å². The minimum Gasteiger partial charge on any atom is -0.366 e. The molecule has 1 aliphatic carbocycles. The number of rotatable bonds is 6. The summed E-state index contributed by atoms with van der Waals surface area (Å²) in [6.07, 6.45) is 2.80. The van der Waals surface area contributed by atoms with Crippen molar-refractivity contribution in [2.24, 2.45) is 11.7 Å². The number of nitrogens with two attached hydrogens (primary N) is 1. The number of aromatic nitrogens is 2. The maximum atomic E-state index is 13.5. The summed E-state index contributed by atoms with van der Waals surface area (Å²) >= 11 is 0. The van der Waals surface area contributed by atoms with E-state index in [2.05, 4.69) is 10.3 Å². The largest absolute Gasteiger partial charge is 0.366 e. The third kappa shape index (κ3) is 4.19. The molecule has 2 aromatic heterocycles. The van der Waals surface area contributed by atoms with Crippen molar-refractivity contribution in [3.05, 3.63) is 92.7 Å². The van der Waals surface area contributed by atoms with Gasteiger partial charge in [0.05, 0.1) is 11.3 Å². The standard InChI is InChI=1S/C25H26N4O3/c1-14-11-20(14)28-24(31)22-16(3)19(23(26)30)13-29(25(22)32)21-10-5-4-8-17(21)12-18-9-6-7-15(2)27-18/h4-10,13-14,20H,11-12H2,1-3H3,(H2,26,30)(H,28,31)/t14-,20-/m0/s1. The molecule has 0 bridgehead atoms. The number of pyridine rings is 2. The Balaban J connectivity index is 1.84. The first-order valence-corrected chi connectivity index (χ1v) is 10.6. The molecule has 4 rings (SSSR count). The maximum absolute atomic E-state index is 13.5. The zero-order valence-corrected chi connectivity index (χ0v) is 18.4. The molecule has 0 unspecified atom stereocenters. The van der Waals surface area contributed by atoms with Crippen LogP contribution in [0, 0.1) is 19.8 Å². The van der Waals surface area contributed by atoms with Gasteiger partial charge >= 0.3 is 0 Å². The molecule has 7 heteroatoms. The predicted octanol–water partition coefficient (Wildman–Crippen LogP) is 2.68. The fraction of sp³-hybridized carbons (Fsp3) is 0.280. The van der Waals surface area contributed by atoms with Crippen molar-refractivity contribution in [1.82, 2.24) is 14.9 Å². The molecule has 1 saturated carbocycles. The number of carbonyl (C=O) groups is 2. The molecule has 3 aromatic rings. The lowest BCUT2D eigenvalue weighted by Gasteiger charge is -2.17. The molecule has 7 nitrogen and oxygen atoms in total. The highest BCUT2D eigenvalue weighted by Gasteiger charge is 2.35. The smallest absolute Gasteiger partial charge is 0.268 e. The van der Waals surface area contributed by atoms with E-state index in [0.717, 1.165) is 23.4 Å². The monoisotopic (exact) mass is 430 g/mol. The Labute approximate surface area is 186 Å². The molecule has 2 heterocycles. The van der Waals surface area contributed by atoms with Crippen LogP contribution >= 0.6 is 0 Å². The van der Waals surface area contributed by atoms with Crippen molar-refractivity contribution >= 4 is 11.8 Å². The zero-order chi connectivity index (χ0) is 23.0. The summed E-state index contributed by atoms with van der Waals surface area (Å²) in [5, 5.41) is 2.89. The van der Waals surface area contributed by atoms with E-state index in [9.17, 15) is 14.4 Å². The molecule has 0 aliphatic heterocycles. The Morgan fingerprint density at radius 3 is 2.53 bits per heavy atom. The Hall–Kier alpha value is -3.74. The van der Waals surface area contributed by atoms with Crippen LogP contribution in [0.1, 0.15) is 56.6 Å². The molecule has 0 spiro atoms. The van der Waals surface area contributed by atoms with Crippen molar-refractivity contribution in [2.75, 3.05) is 0 Å². The van der Waals surface area contributed by atoms with Crippen LogP contribution in [0.15, 0.2) is 53.5 Å². The number of amides is 2. The molecular weight excluding hydrogens is 404 g/mol. The van der Waals surface area contributed by atoms with Gasteiger partial charge in [-0.05, 0) is 55.5 Å². The molecule has 0 radical (unpaired) electrons. The number of primary amides is 1. The van der Waals surface area contributed by atoms with Crippen LogP contribution in [0.2, 0.25) is 0 Å². The van der Waals surface area contributed by atoms with Crippen molar-refractivity contribution in [2.45, 2.75) is 39.7 Å². The number of aryl methyl sites for hydroxylation is 1. The lowest BCUT2D eigenvalue weighted by molar-refractivity contribution is 0.0947.